The quantitative estimate of drug-likeness (QED) is 0.154. The highest BCUT2D eigenvalue weighted by Gasteiger charge is 2.53. The predicted molar refractivity (Wildman–Crippen MR) is 192 cm³/mol. The summed E-state index contributed by atoms with van der Waals surface area (Å²) in [5.41, 5.74) is 8.66. The molecule has 12 nitrogen and oxygen atoms in total. The first-order valence-corrected chi connectivity index (χ1v) is 16.4. The molecule has 1 aliphatic carbocycles. The fourth-order valence-corrected chi connectivity index (χ4v) is 7.48. The normalized spacial score (nSPS) is 18.1. The molecule has 3 aromatic rings. The maximum absolute atomic E-state index is 13.5. The van der Waals surface area contributed by atoms with Crippen molar-refractivity contribution in [3.63, 3.8) is 0 Å². The molecule has 0 aromatic carbocycles. The highest BCUT2D eigenvalue weighted by atomic mass is 16.5. The molecular weight excluding hydrogens is 652 g/mol. The third-order valence-electron chi connectivity index (χ3n) is 10.3. The minimum Gasteiger partial charge on any atom is -0.481 e. The van der Waals surface area contributed by atoms with Crippen LogP contribution >= 0.6 is 0 Å². The third-order valence-corrected chi connectivity index (χ3v) is 10.3. The van der Waals surface area contributed by atoms with Crippen LogP contribution in [0.5, 0.6) is 0 Å². The van der Waals surface area contributed by atoms with Gasteiger partial charge < -0.3 is 30.0 Å². The monoisotopic (exact) mass is 690 g/mol. The Hall–Kier alpha value is -6.04. The number of nitrogens with zero attached hydrogens (tertiary/aromatic N) is 2. The van der Waals surface area contributed by atoms with Gasteiger partial charge in [0, 0.05) is 40.5 Å². The zero-order chi connectivity index (χ0) is 36.9. The van der Waals surface area contributed by atoms with Gasteiger partial charge in [0.05, 0.1) is 40.9 Å². The highest BCUT2D eigenvalue weighted by molar-refractivity contribution is 6.01. The summed E-state index contributed by atoms with van der Waals surface area (Å²) in [4.78, 5) is 66.3. The molecule has 5 N–H and O–H groups in total. The summed E-state index contributed by atoms with van der Waals surface area (Å²) in [5, 5.41) is 29.3. The van der Waals surface area contributed by atoms with E-state index in [2.05, 4.69) is 16.5 Å². The van der Waals surface area contributed by atoms with E-state index in [1.165, 1.54) is 13.2 Å². The van der Waals surface area contributed by atoms with Crippen molar-refractivity contribution in [3.8, 4) is 0 Å². The van der Waals surface area contributed by atoms with Crippen LogP contribution in [-0.4, -0.2) is 66.2 Å². The summed E-state index contributed by atoms with van der Waals surface area (Å²) in [6, 6.07) is 7.33. The number of aromatic nitrogens is 4. The van der Waals surface area contributed by atoms with E-state index in [1.807, 2.05) is 32.9 Å². The molecule has 2 atom stereocenters. The number of allylic oxidation sites excluding steroid dienone is 5. The van der Waals surface area contributed by atoms with Crippen LogP contribution in [-0.2, 0) is 35.8 Å². The largest absolute Gasteiger partial charge is 0.481 e. The van der Waals surface area contributed by atoms with Crippen molar-refractivity contribution in [1.29, 1.82) is 0 Å². The molecule has 0 unspecified atom stereocenters. The summed E-state index contributed by atoms with van der Waals surface area (Å²) in [6.45, 7) is 11.5. The standard InChI is InChI=1S/C39H38N4O8/c1-7-21-18(2)26-14-27-19(3)22(9-12-34(44)45)29(40-27)16-30-23(10-13-35(46)47)20(4)28(41-30)15-32-25-11-8-24(37(48)49)36(38(50)51-6)39(25,5)33(43-32)17-31(21)42-26/h7-8,11,14-17,36,40,42H,1,9-10,12-13H2,2-6H3,(H,44,45)(H,46,47)(H,48,49)/t36-,39+/m1/s1. The topological polar surface area (TPSA) is 196 Å². The summed E-state index contributed by atoms with van der Waals surface area (Å²) < 4.78 is 5.18. The van der Waals surface area contributed by atoms with Gasteiger partial charge in [0.25, 0.3) is 0 Å². The predicted octanol–water partition coefficient (Wildman–Crippen LogP) is 6.54. The lowest BCUT2D eigenvalue weighted by atomic mass is 9.64. The number of fused-ring (bicyclic) bond motifs is 11. The maximum Gasteiger partial charge on any atom is 0.332 e. The Bertz CT molecular complexity index is 2340. The molecule has 3 aliphatic rings. The number of carboxylic acids is 3. The number of rotatable bonds is 9. The van der Waals surface area contributed by atoms with Gasteiger partial charge in [0.15, 0.2) is 0 Å². The number of carbonyl (C=O) groups excluding carboxylic acids is 1. The second kappa shape index (κ2) is 13.0. The number of carboxylic acid groups (broad SMARTS) is 3. The molecule has 0 fully saturated rings. The van der Waals surface area contributed by atoms with Crippen LogP contribution in [0.2, 0.25) is 0 Å². The van der Waals surface area contributed by atoms with Gasteiger partial charge in [-0.2, -0.15) is 0 Å². The van der Waals surface area contributed by atoms with E-state index in [4.69, 9.17) is 14.7 Å². The molecule has 0 saturated heterocycles. The number of carbonyl (C=O) groups is 4. The summed E-state index contributed by atoms with van der Waals surface area (Å²) >= 11 is 0. The Kier molecular flexibility index (Phi) is 8.88. The molecule has 0 saturated carbocycles. The second-order valence-electron chi connectivity index (χ2n) is 13.2. The first kappa shape index (κ1) is 34.8. The van der Waals surface area contributed by atoms with Gasteiger partial charge in [0.2, 0.25) is 0 Å². The first-order chi connectivity index (χ1) is 24.2. The van der Waals surface area contributed by atoms with Crippen LogP contribution in [0.3, 0.4) is 0 Å². The van der Waals surface area contributed by atoms with E-state index in [0.29, 0.717) is 45.0 Å². The molecule has 5 heterocycles. The Morgan fingerprint density at radius 2 is 1.51 bits per heavy atom. The molecule has 262 valence electrons. The Morgan fingerprint density at radius 3 is 2.16 bits per heavy atom. The van der Waals surface area contributed by atoms with Gasteiger partial charge in [0.1, 0.15) is 5.92 Å². The van der Waals surface area contributed by atoms with Crippen LogP contribution in [0.1, 0.15) is 78.1 Å². The fraction of sp³-hybridized carbons (Fsp3) is 0.282. The molecule has 8 bridgehead atoms. The molecule has 12 heteroatoms. The molecule has 51 heavy (non-hydrogen) atoms. The summed E-state index contributed by atoms with van der Waals surface area (Å²) in [7, 11) is 1.22. The number of ether oxygens (including phenoxy) is 1. The number of nitrogens with one attached hydrogen (secondary N) is 2. The second-order valence-corrected chi connectivity index (χ2v) is 13.2. The lowest BCUT2D eigenvalue weighted by Gasteiger charge is -2.36. The number of H-pyrrole nitrogens is 2. The fourth-order valence-electron chi connectivity index (χ4n) is 7.48. The molecule has 3 aromatic heterocycles. The maximum atomic E-state index is 13.5. The number of hydrogen-bond donors (Lipinski definition) is 5. The summed E-state index contributed by atoms with van der Waals surface area (Å²) in [6.07, 6.45) is 5.01. The number of aromatic amines is 2. The zero-order valence-corrected chi connectivity index (χ0v) is 28.9. The zero-order valence-electron chi connectivity index (χ0n) is 28.9. The smallest absolute Gasteiger partial charge is 0.332 e. The van der Waals surface area contributed by atoms with Crippen LogP contribution in [0.15, 0.2) is 48.6 Å². The first-order valence-electron chi connectivity index (χ1n) is 16.4. The van der Waals surface area contributed by atoms with Crippen LogP contribution < -0.4 is 0 Å². The van der Waals surface area contributed by atoms with Crippen molar-refractivity contribution in [2.45, 2.75) is 58.8 Å². The average Bonchev–Trinajstić information content (AvgIpc) is 3.73. The Labute approximate surface area is 292 Å². The third kappa shape index (κ3) is 5.86. The lowest BCUT2D eigenvalue weighted by molar-refractivity contribution is -0.148. The van der Waals surface area contributed by atoms with Crippen molar-refractivity contribution < 1.29 is 39.2 Å². The van der Waals surface area contributed by atoms with E-state index in [-0.39, 0.29) is 31.3 Å². The van der Waals surface area contributed by atoms with Crippen molar-refractivity contribution >= 4 is 68.7 Å². The van der Waals surface area contributed by atoms with Gasteiger partial charge in [-0.1, -0.05) is 24.8 Å². The van der Waals surface area contributed by atoms with Crippen molar-refractivity contribution in [3.05, 3.63) is 93.6 Å². The number of methoxy groups -OCH3 is 1. The van der Waals surface area contributed by atoms with Crippen LogP contribution in [0.25, 0.3) is 44.9 Å². The average molecular weight is 691 g/mol. The molecule has 6 rings (SSSR count). The van der Waals surface area contributed by atoms with Crippen molar-refractivity contribution in [1.82, 2.24) is 19.9 Å². The summed E-state index contributed by atoms with van der Waals surface area (Å²) in [5.74, 6) is -5.11. The van der Waals surface area contributed by atoms with Gasteiger partial charge in [-0.3, -0.25) is 19.4 Å². The molecule has 0 spiro atoms. The van der Waals surface area contributed by atoms with Gasteiger partial charge in [-0.25, -0.2) is 9.78 Å². The van der Waals surface area contributed by atoms with E-state index in [9.17, 15) is 34.5 Å². The molecule has 2 aliphatic heterocycles. The van der Waals surface area contributed by atoms with E-state index in [0.717, 1.165) is 38.9 Å². The van der Waals surface area contributed by atoms with Crippen molar-refractivity contribution in [2.24, 2.45) is 5.92 Å². The highest BCUT2D eigenvalue weighted by Crippen LogP contribution is 2.52. The Morgan fingerprint density at radius 1 is 0.843 bits per heavy atom. The number of esters is 1. The van der Waals surface area contributed by atoms with Gasteiger partial charge >= 0.3 is 23.9 Å². The SMILES string of the molecule is C=Cc1c(C)c2cc3[nH]c(cc4nc(cc5nc(cc1[nH]2)[C@]1(C)C5=CC=C(C(=O)O)[C@@H]1C(=O)OC)C(C)=C4CCC(=O)O)c(CCC(=O)O)c3C. The minimum atomic E-state index is -1.26. The van der Waals surface area contributed by atoms with Crippen LogP contribution in [0, 0.1) is 19.8 Å². The number of aliphatic carboxylic acids is 3. The molecule has 0 radical (unpaired) electrons. The van der Waals surface area contributed by atoms with E-state index >= 15 is 0 Å². The van der Waals surface area contributed by atoms with Crippen LogP contribution in [0.4, 0.5) is 0 Å². The lowest BCUT2D eigenvalue weighted by Crippen LogP contribution is -2.42. The van der Waals surface area contributed by atoms with Gasteiger partial charge in [-0.05, 0) is 98.2 Å². The number of hydrogen-bond acceptors (Lipinski definition) is 7. The molecule has 0 amide bonds. The number of aryl methyl sites for hydroxylation is 3. The van der Waals surface area contributed by atoms with E-state index < -0.39 is 35.2 Å². The molecular formula is C39H38N4O8. The van der Waals surface area contributed by atoms with E-state index in [1.54, 1.807) is 31.2 Å². The van der Waals surface area contributed by atoms with Gasteiger partial charge in [-0.15, -0.1) is 0 Å². The van der Waals surface area contributed by atoms with Crippen molar-refractivity contribution in [2.75, 3.05) is 7.11 Å². The minimum absolute atomic E-state index is 0.0878. The Balaban J connectivity index is 1.78.